The molecule has 0 amide bonds. The number of aromatic nitrogens is 2. The summed E-state index contributed by atoms with van der Waals surface area (Å²) >= 11 is 0. The molecular formula is C20H32N6O3S. The molecule has 2 fully saturated rings. The Bertz CT molecular complexity index is 905. The first-order valence-electron chi connectivity index (χ1n) is 10.7. The molecule has 2 N–H and O–H groups in total. The maximum absolute atomic E-state index is 12.3. The number of nitrogens with zero attached hydrogens (tertiary/aromatic N) is 5. The summed E-state index contributed by atoms with van der Waals surface area (Å²) in [6.07, 6.45) is 9.00. The summed E-state index contributed by atoms with van der Waals surface area (Å²) in [4.78, 5) is 11.3. The standard InChI is InChI=1S/C20H32N6O3S/c1-14-12-15-13-21-20(23-18(15)26(19(14)27)17-6-4-5-7-17)22-16-8-10-25(11-9-16)30(28,29)24(2)3/h12-13,16-17,19,27H,4-11H2,1-3H3,(H,21,22,23). The molecule has 1 saturated carbocycles. The minimum atomic E-state index is -3.37. The van der Waals surface area contributed by atoms with Crippen molar-refractivity contribution in [2.24, 2.45) is 0 Å². The van der Waals surface area contributed by atoms with Crippen LogP contribution in [0.25, 0.3) is 6.08 Å². The lowest BCUT2D eigenvalue weighted by atomic mass is 10.0. The second-order valence-corrected chi connectivity index (χ2v) is 10.8. The van der Waals surface area contributed by atoms with E-state index in [4.69, 9.17) is 4.98 Å². The first kappa shape index (κ1) is 21.5. The van der Waals surface area contributed by atoms with E-state index in [1.807, 2.05) is 19.2 Å². The van der Waals surface area contributed by atoms with Crippen LogP contribution in [0.15, 0.2) is 11.8 Å². The third-order valence-electron chi connectivity index (χ3n) is 6.39. The Balaban J connectivity index is 1.48. The van der Waals surface area contributed by atoms with Gasteiger partial charge in [-0.05, 0) is 44.3 Å². The van der Waals surface area contributed by atoms with Gasteiger partial charge >= 0.3 is 0 Å². The average molecular weight is 437 g/mol. The van der Waals surface area contributed by atoms with E-state index in [0.29, 0.717) is 37.9 Å². The first-order valence-corrected chi connectivity index (χ1v) is 12.1. The van der Waals surface area contributed by atoms with Gasteiger partial charge in [0.1, 0.15) is 5.82 Å². The molecule has 9 nitrogen and oxygen atoms in total. The predicted molar refractivity (Wildman–Crippen MR) is 117 cm³/mol. The molecular weight excluding hydrogens is 404 g/mol. The van der Waals surface area contributed by atoms with E-state index in [9.17, 15) is 13.5 Å². The number of piperidine rings is 1. The van der Waals surface area contributed by atoms with Gasteiger partial charge in [-0.25, -0.2) is 4.98 Å². The van der Waals surface area contributed by atoms with E-state index in [-0.39, 0.29) is 6.04 Å². The van der Waals surface area contributed by atoms with Gasteiger partial charge in [-0.1, -0.05) is 12.8 Å². The van der Waals surface area contributed by atoms with Crippen molar-refractivity contribution in [1.82, 2.24) is 18.6 Å². The zero-order chi connectivity index (χ0) is 21.5. The molecule has 3 aliphatic rings. The molecule has 0 spiro atoms. The highest BCUT2D eigenvalue weighted by atomic mass is 32.2. The van der Waals surface area contributed by atoms with E-state index in [1.165, 1.54) is 21.5 Å². The lowest BCUT2D eigenvalue weighted by Crippen LogP contribution is -2.47. The fourth-order valence-electron chi connectivity index (χ4n) is 4.61. The minimum Gasteiger partial charge on any atom is -0.370 e. The van der Waals surface area contributed by atoms with E-state index >= 15 is 0 Å². The van der Waals surface area contributed by atoms with E-state index in [2.05, 4.69) is 15.2 Å². The van der Waals surface area contributed by atoms with Crippen LogP contribution < -0.4 is 10.2 Å². The van der Waals surface area contributed by atoms with Gasteiger partial charge in [-0.2, -0.15) is 22.0 Å². The second kappa shape index (κ2) is 8.41. The Morgan fingerprint density at radius 2 is 1.83 bits per heavy atom. The predicted octanol–water partition coefficient (Wildman–Crippen LogP) is 1.64. The number of nitrogens with one attached hydrogen (secondary N) is 1. The van der Waals surface area contributed by atoms with Crippen molar-refractivity contribution in [2.45, 2.75) is 63.8 Å². The molecule has 1 aromatic rings. The highest BCUT2D eigenvalue weighted by Crippen LogP contribution is 2.36. The maximum atomic E-state index is 12.3. The van der Waals surface area contributed by atoms with Crippen LogP contribution in [0.3, 0.4) is 0 Å². The van der Waals surface area contributed by atoms with Gasteiger partial charge < -0.3 is 15.3 Å². The SMILES string of the molecule is CC1=Cc2cnc(NC3CCN(S(=O)(=O)N(C)C)CC3)nc2N(C2CCCC2)C1O. The average Bonchev–Trinajstić information content (AvgIpc) is 3.24. The molecule has 1 unspecified atom stereocenters. The molecule has 1 aliphatic carbocycles. The van der Waals surface area contributed by atoms with Gasteiger partial charge in [0.05, 0.1) is 0 Å². The van der Waals surface area contributed by atoms with Crippen molar-refractivity contribution in [3.05, 3.63) is 17.3 Å². The van der Waals surface area contributed by atoms with Crippen LogP contribution >= 0.6 is 0 Å². The topological polar surface area (TPSA) is 102 Å². The monoisotopic (exact) mass is 436 g/mol. The lowest BCUT2D eigenvalue weighted by molar-refractivity contribution is 0.190. The summed E-state index contributed by atoms with van der Waals surface area (Å²) in [5.74, 6) is 1.32. The molecule has 0 aromatic carbocycles. The van der Waals surface area contributed by atoms with Crippen molar-refractivity contribution in [3.8, 4) is 0 Å². The highest BCUT2D eigenvalue weighted by molar-refractivity contribution is 7.86. The molecule has 10 heteroatoms. The molecule has 1 atom stereocenters. The van der Waals surface area contributed by atoms with Crippen LogP contribution in [-0.2, 0) is 10.2 Å². The van der Waals surface area contributed by atoms with Gasteiger partial charge in [0.25, 0.3) is 10.2 Å². The number of hydrogen-bond donors (Lipinski definition) is 2. The third kappa shape index (κ3) is 4.05. The van der Waals surface area contributed by atoms with Crippen LogP contribution in [0, 0.1) is 0 Å². The van der Waals surface area contributed by atoms with E-state index in [0.717, 1.165) is 29.8 Å². The zero-order valence-electron chi connectivity index (χ0n) is 18.0. The van der Waals surface area contributed by atoms with Gasteiger partial charge in [0.15, 0.2) is 6.23 Å². The summed E-state index contributed by atoms with van der Waals surface area (Å²) in [5.41, 5.74) is 1.84. The Labute approximate surface area is 179 Å². The molecule has 2 aliphatic heterocycles. The smallest absolute Gasteiger partial charge is 0.281 e. The zero-order valence-corrected chi connectivity index (χ0v) is 18.8. The van der Waals surface area contributed by atoms with Crippen molar-refractivity contribution in [3.63, 3.8) is 0 Å². The summed E-state index contributed by atoms with van der Waals surface area (Å²) in [7, 11) is -0.256. The van der Waals surface area contributed by atoms with E-state index in [1.54, 1.807) is 14.1 Å². The fourth-order valence-corrected chi connectivity index (χ4v) is 5.75. The van der Waals surface area contributed by atoms with Crippen LogP contribution in [0.2, 0.25) is 0 Å². The Hall–Kier alpha value is -1.75. The second-order valence-electron chi connectivity index (χ2n) is 8.69. The van der Waals surface area contributed by atoms with Crippen LogP contribution in [-0.4, -0.2) is 77.6 Å². The third-order valence-corrected chi connectivity index (χ3v) is 8.33. The largest absolute Gasteiger partial charge is 0.370 e. The van der Waals surface area contributed by atoms with Gasteiger partial charge in [0.2, 0.25) is 5.95 Å². The minimum absolute atomic E-state index is 0.113. The Morgan fingerprint density at radius 1 is 1.17 bits per heavy atom. The number of fused-ring (bicyclic) bond motifs is 1. The number of anilines is 2. The first-order chi connectivity index (χ1) is 14.3. The number of aliphatic hydroxyl groups is 1. The highest BCUT2D eigenvalue weighted by Gasteiger charge is 2.34. The van der Waals surface area contributed by atoms with Crippen LogP contribution in [0.1, 0.15) is 51.0 Å². The molecule has 0 bridgehead atoms. The summed E-state index contributed by atoms with van der Waals surface area (Å²) < 4.78 is 27.4. The van der Waals surface area contributed by atoms with Crippen molar-refractivity contribution in [2.75, 3.05) is 37.4 Å². The fraction of sp³-hybridized carbons (Fsp3) is 0.700. The Morgan fingerprint density at radius 3 is 2.47 bits per heavy atom. The summed E-state index contributed by atoms with van der Waals surface area (Å²) in [6.45, 7) is 2.88. The molecule has 1 saturated heterocycles. The van der Waals surface area contributed by atoms with E-state index < -0.39 is 16.4 Å². The molecule has 4 rings (SSSR count). The maximum Gasteiger partial charge on any atom is 0.281 e. The number of hydrogen-bond acceptors (Lipinski definition) is 7. The molecule has 1 aromatic heterocycles. The summed E-state index contributed by atoms with van der Waals surface area (Å²) in [6, 6.07) is 0.409. The lowest BCUT2D eigenvalue weighted by Gasteiger charge is -2.38. The molecule has 30 heavy (non-hydrogen) atoms. The van der Waals surface area contributed by atoms with Gasteiger partial charge in [-0.3, -0.25) is 0 Å². The van der Waals surface area contributed by atoms with Gasteiger partial charge in [-0.15, -0.1) is 0 Å². The molecule has 166 valence electrons. The molecule has 0 radical (unpaired) electrons. The van der Waals surface area contributed by atoms with Crippen molar-refractivity contribution < 1.29 is 13.5 Å². The quantitative estimate of drug-likeness (QED) is 0.723. The number of aliphatic hydroxyl groups excluding tert-OH is 1. The van der Waals surface area contributed by atoms with Crippen LogP contribution in [0.5, 0.6) is 0 Å². The Kier molecular flexibility index (Phi) is 6.02. The van der Waals surface area contributed by atoms with Crippen molar-refractivity contribution in [1.29, 1.82) is 0 Å². The van der Waals surface area contributed by atoms with Gasteiger partial charge in [0, 0.05) is 51.0 Å². The van der Waals surface area contributed by atoms with Crippen molar-refractivity contribution >= 4 is 28.1 Å². The number of rotatable bonds is 5. The van der Waals surface area contributed by atoms with Crippen LogP contribution in [0.4, 0.5) is 11.8 Å². The normalized spacial score (nSPS) is 24.2. The molecule has 3 heterocycles. The summed E-state index contributed by atoms with van der Waals surface area (Å²) in [5, 5.41) is 14.2.